The van der Waals surface area contributed by atoms with Gasteiger partial charge in [-0.15, -0.1) is 0 Å². The topological polar surface area (TPSA) is 29.3 Å². The Morgan fingerprint density at radius 3 is 2.50 bits per heavy atom. The van der Waals surface area contributed by atoms with Crippen molar-refractivity contribution in [1.29, 1.82) is 0 Å². The average molecular weight is 196 g/mol. The summed E-state index contributed by atoms with van der Waals surface area (Å²) in [5.74, 6) is 1.78. The fourth-order valence-electron chi connectivity index (χ4n) is 3.41. The molecule has 82 valence electrons. The second kappa shape index (κ2) is 3.82. The number of hydrogen-bond donors (Lipinski definition) is 1. The molecule has 1 unspecified atom stereocenters. The Morgan fingerprint density at radius 2 is 2.00 bits per heavy atom. The zero-order valence-electron chi connectivity index (χ0n) is 9.63. The molecule has 1 heterocycles. The summed E-state index contributed by atoms with van der Waals surface area (Å²) in [5, 5.41) is 0. The number of rotatable bonds is 2. The number of hydrogen-bond acceptors (Lipinski definition) is 2. The maximum absolute atomic E-state index is 5.97. The largest absolute Gasteiger partial charge is 0.329 e. The van der Waals surface area contributed by atoms with Gasteiger partial charge in [0.1, 0.15) is 0 Å². The van der Waals surface area contributed by atoms with Gasteiger partial charge in [0.2, 0.25) is 0 Å². The quantitative estimate of drug-likeness (QED) is 0.730. The molecule has 2 heteroatoms. The Hall–Kier alpha value is -0.0800. The molecule has 14 heavy (non-hydrogen) atoms. The van der Waals surface area contributed by atoms with Crippen LogP contribution in [0.5, 0.6) is 0 Å². The number of nitrogens with two attached hydrogens (primary N) is 1. The molecule has 2 fully saturated rings. The van der Waals surface area contributed by atoms with Gasteiger partial charge >= 0.3 is 0 Å². The molecule has 0 amide bonds. The Bertz CT molecular complexity index is 196. The minimum atomic E-state index is 0.397. The van der Waals surface area contributed by atoms with Crippen LogP contribution in [-0.2, 0) is 0 Å². The highest BCUT2D eigenvalue weighted by molar-refractivity contribution is 5.03. The summed E-state index contributed by atoms with van der Waals surface area (Å²) in [6, 6.07) is 0. The van der Waals surface area contributed by atoms with Gasteiger partial charge in [-0.05, 0) is 44.1 Å². The highest BCUT2D eigenvalue weighted by atomic mass is 15.2. The molecule has 0 aromatic carbocycles. The number of likely N-dealkylation sites (tertiary alicyclic amines) is 1. The van der Waals surface area contributed by atoms with Crippen LogP contribution in [0.1, 0.15) is 39.5 Å². The van der Waals surface area contributed by atoms with Crippen LogP contribution in [0.2, 0.25) is 0 Å². The third-order valence-electron chi connectivity index (χ3n) is 4.16. The van der Waals surface area contributed by atoms with Gasteiger partial charge in [0.05, 0.1) is 0 Å². The van der Waals surface area contributed by atoms with Crippen LogP contribution in [0.15, 0.2) is 0 Å². The number of nitrogens with zero attached hydrogens (tertiary/aromatic N) is 1. The van der Waals surface area contributed by atoms with Gasteiger partial charge in [-0.3, -0.25) is 4.90 Å². The number of piperidine rings is 1. The molecule has 1 saturated heterocycles. The van der Waals surface area contributed by atoms with Crippen molar-refractivity contribution in [1.82, 2.24) is 4.90 Å². The Labute approximate surface area is 87.8 Å². The predicted octanol–water partition coefficient (Wildman–Crippen LogP) is 1.85. The van der Waals surface area contributed by atoms with Crippen LogP contribution in [0.25, 0.3) is 0 Å². The molecule has 1 saturated carbocycles. The van der Waals surface area contributed by atoms with Crippen LogP contribution in [0.3, 0.4) is 0 Å². The first-order chi connectivity index (χ1) is 6.66. The summed E-state index contributed by atoms with van der Waals surface area (Å²) < 4.78 is 0. The van der Waals surface area contributed by atoms with E-state index < -0.39 is 0 Å². The molecule has 1 aliphatic heterocycles. The lowest BCUT2D eigenvalue weighted by atomic mass is 9.67. The molecule has 2 N–H and O–H groups in total. The van der Waals surface area contributed by atoms with Crippen molar-refractivity contribution >= 4 is 0 Å². The minimum absolute atomic E-state index is 0.397. The second-order valence-electron chi connectivity index (χ2n) is 5.64. The van der Waals surface area contributed by atoms with Crippen molar-refractivity contribution in [2.24, 2.45) is 17.6 Å². The van der Waals surface area contributed by atoms with Crippen LogP contribution < -0.4 is 5.73 Å². The molecule has 2 nitrogen and oxygen atoms in total. The summed E-state index contributed by atoms with van der Waals surface area (Å²) in [4.78, 5) is 2.68. The van der Waals surface area contributed by atoms with Gasteiger partial charge in [0.15, 0.2) is 0 Å². The van der Waals surface area contributed by atoms with Crippen LogP contribution in [-0.4, -0.2) is 30.1 Å². The Balaban J connectivity index is 1.98. The smallest absolute Gasteiger partial charge is 0.0336 e. The van der Waals surface area contributed by atoms with Gasteiger partial charge < -0.3 is 5.73 Å². The molecular weight excluding hydrogens is 172 g/mol. The van der Waals surface area contributed by atoms with Crippen LogP contribution in [0.4, 0.5) is 0 Å². The monoisotopic (exact) mass is 196 g/mol. The van der Waals surface area contributed by atoms with E-state index in [2.05, 4.69) is 18.7 Å². The van der Waals surface area contributed by atoms with Crippen LogP contribution in [0, 0.1) is 11.8 Å². The lowest BCUT2D eigenvalue weighted by Crippen LogP contribution is -2.63. The molecule has 1 aliphatic carbocycles. The van der Waals surface area contributed by atoms with Crippen molar-refractivity contribution in [3.63, 3.8) is 0 Å². The van der Waals surface area contributed by atoms with E-state index in [0.29, 0.717) is 5.54 Å². The van der Waals surface area contributed by atoms with Gasteiger partial charge in [-0.1, -0.05) is 13.8 Å². The van der Waals surface area contributed by atoms with Gasteiger partial charge in [-0.25, -0.2) is 0 Å². The first-order valence-corrected chi connectivity index (χ1v) is 6.11. The van der Waals surface area contributed by atoms with Crippen molar-refractivity contribution in [2.45, 2.75) is 45.1 Å². The molecule has 0 aromatic rings. The van der Waals surface area contributed by atoms with E-state index in [1.807, 2.05) is 0 Å². The average Bonchev–Trinajstić information content (AvgIpc) is 2.12. The maximum atomic E-state index is 5.97. The summed E-state index contributed by atoms with van der Waals surface area (Å²) in [6.45, 7) is 8.15. The van der Waals surface area contributed by atoms with Crippen molar-refractivity contribution in [2.75, 3.05) is 19.6 Å². The SMILES string of the molecule is CC1CCCN(C2(CN)CC(C)C2)C1. The van der Waals surface area contributed by atoms with Gasteiger partial charge in [0, 0.05) is 18.6 Å². The molecule has 2 rings (SSSR count). The summed E-state index contributed by atoms with van der Waals surface area (Å²) in [5.41, 5.74) is 6.36. The second-order valence-corrected chi connectivity index (χ2v) is 5.64. The van der Waals surface area contributed by atoms with Crippen molar-refractivity contribution in [3.8, 4) is 0 Å². The van der Waals surface area contributed by atoms with E-state index in [4.69, 9.17) is 5.73 Å². The lowest BCUT2D eigenvalue weighted by Gasteiger charge is -2.55. The van der Waals surface area contributed by atoms with Crippen LogP contribution >= 0.6 is 0 Å². The highest BCUT2D eigenvalue weighted by Gasteiger charge is 2.46. The summed E-state index contributed by atoms with van der Waals surface area (Å²) >= 11 is 0. The zero-order chi connectivity index (χ0) is 10.2. The molecule has 2 aliphatic rings. The van der Waals surface area contributed by atoms with Gasteiger partial charge in [-0.2, -0.15) is 0 Å². The maximum Gasteiger partial charge on any atom is 0.0336 e. The van der Waals surface area contributed by atoms with E-state index in [1.165, 1.54) is 38.8 Å². The fourth-order valence-corrected chi connectivity index (χ4v) is 3.41. The van der Waals surface area contributed by atoms with Gasteiger partial charge in [0.25, 0.3) is 0 Å². The fraction of sp³-hybridized carbons (Fsp3) is 1.00. The van der Waals surface area contributed by atoms with Crippen molar-refractivity contribution < 1.29 is 0 Å². The molecule has 0 bridgehead atoms. The minimum Gasteiger partial charge on any atom is -0.329 e. The third kappa shape index (κ3) is 1.70. The molecule has 0 radical (unpaired) electrons. The molecular formula is C12H24N2. The Morgan fingerprint density at radius 1 is 1.29 bits per heavy atom. The van der Waals surface area contributed by atoms with Crippen molar-refractivity contribution in [3.05, 3.63) is 0 Å². The molecule has 0 spiro atoms. The molecule has 0 aromatic heterocycles. The third-order valence-corrected chi connectivity index (χ3v) is 4.16. The van der Waals surface area contributed by atoms with E-state index in [1.54, 1.807) is 0 Å². The summed E-state index contributed by atoms with van der Waals surface area (Å²) in [7, 11) is 0. The Kier molecular flexibility index (Phi) is 2.85. The molecule has 1 atom stereocenters. The lowest BCUT2D eigenvalue weighted by molar-refractivity contribution is -0.0349. The van der Waals surface area contributed by atoms with E-state index in [0.717, 1.165) is 18.4 Å². The normalized spacial score (nSPS) is 44.8. The van der Waals surface area contributed by atoms with E-state index in [-0.39, 0.29) is 0 Å². The first-order valence-electron chi connectivity index (χ1n) is 6.11. The zero-order valence-corrected chi connectivity index (χ0v) is 9.63. The standard InChI is InChI=1S/C12H24N2/c1-10-4-3-5-14(8-10)12(9-13)6-11(2)7-12/h10-11H,3-9,13H2,1-2H3. The van der Waals surface area contributed by atoms with E-state index >= 15 is 0 Å². The first kappa shape index (κ1) is 10.4. The summed E-state index contributed by atoms with van der Waals surface area (Å²) in [6.07, 6.45) is 5.44. The highest BCUT2D eigenvalue weighted by Crippen LogP contribution is 2.43. The van der Waals surface area contributed by atoms with E-state index in [9.17, 15) is 0 Å². The predicted molar refractivity (Wildman–Crippen MR) is 60.2 cm³/mol.